The Bertz CT molecular complexity index is 1630. The highest BCUT2D eigenvalue weighted by Gasteiger charge is 2.50. The zero-order chi connectivity index (χ0) is 33.6. The lowest BCUT2D eigenvalue weighted by molar-refractivity contribution is -0.137. The van der Waals surface area contributed by atoms with Gasteiger partial charge in [-0.05, 0) is 99.3 Å². The summed E-state index contributed by atoms with van der Waals surface area (Å²) in [5, 5.41) is 8.27. The number of ether oxygens (including phenoxy) is 2. The van der Waals surface area contributed by atoms with E-state index in [0.717, 1.165) is 61.8 Å². The third kappa shape index (κ3) is 6.51. The summed E-state index contributed by atoms with van der Waals surface area (Å²) in [4.78, 5) is 23.4. The fourth-order valence-electron chi connectivity index (χ4n) is 8.97. The van der Waals surface area contributed by atoms with Gasteiger partial charge in [-0.3, -0.25) is 9.69 Å². The van der Waals surface area contributed by atoms with Crippen molar-refractivity contribution in [3.63, 3.8) is 0 Å². The first-order valence-corrected chi connectivity index (χ1v) is 17.0. The van der Waals surface area contributed by atoms with Crippen LogP contribution < -0.4 is 25.4 Å². The molecule has 9 nitrogen and oxygen atoms in total. The van der Waals surface area contributed by atoms with Gasteiger partial charge in [0.25, 0.3) is 5.91 Å². The van der Waals surface area contributed by atoms with Gasteiger partial charge in [0.15, 0.2) is 0 Å². The van der Waals surface area contributed by atoms with Crippen molar-refractivity contribution in [1.82, 2.24) is 20.2 Å². The zero-order valence-electron chi connectivity index (χ0n) is 27.6. The molecule has 48 heavy (non-hydrogen) atoms. The van der Waals surface area contributed by atoms with E-state index in [1.54, 1.807) is 31.2 Å². The molecule has 256 valence electrons. The number of likely N-dealkylation sites (tertiary alicyclic amines) is 1. The Labute approximate surface area is 279 Å². The minimum Gasteiger partial charge on any atom is -0.494 e. The molecule has 1 aliphatic heterocycles. The van der Waals surface area contributed by atoms with Gasteiger partial charge in [0, 0.05) is 38.4 Å². The molecule has 1 amide bonds. The molecule has 4 aliphatic carbocycles. The Kier molecular flexibility index (Phi) is 8.86. The van der Waals surface area contributed by atoms with Crippen LogP contribution >= 0.6 is 0 Å². The molecule has 4 bridgehead atoms. The fourth-order valence-corrected chi connectivity index (χ4v) is 8.97. The van der Waals surface area contributed by atoms with Crippen LogP contribution in [-0.2, 0) is 6.18 Å². The van der Waals surface area contributed by atoms with Crippen molar-refractivity contribution in [3.8, 4) is 11.5 Å². The van der Waals surface area contributed by atoms with E-state index in [0.29, 0.717) is 22.7 Å². The van der Waals surface area contributed by atoms with Crippen LogP contribution in [0, 0.1) is 30.6 Å². The molecule has 4 saturated carbocycles. The maximum Gasteiger partial charge on any atom is 0.421 e. The number of amides is 1. The molecule has 3 aromatic rings. The van der Waals surface area contributed by atoms with Gasteiger partial charge in [0.2, 0.25) is 5.95 Å². The van der Waals surface area contributed by atoms with Gasteiger partial charge in [0.05, 0.1) is 24.0 Å². The molecule has 0 spiro atoms. The lowest BCUT2D eigenvalue weighted by atomic mass is 9.53. The second-order valence-corrected chi connectivity index (χ2v) is 13.9. The van der Waals surface area contributed by atoms with Gasteiger partial charge >= 0.3 is 6.18 Å². The Morgan fingerprint density at radius 3 is 2.33 bits per heavy atom. The molecule has 0 radical (unpaired) electrons. The normalized spacial score (nSPS) is 25.5. The number of nitrogens with one attached hydrogen (secondary N) is 3. The molecule has 2 aromatic carbocycles. The van der Waals surface area contributed by atoms with Gasteiger partial charge in [-0.2, -0.15) is 18.2 Å². The van der Waals surface area contributed by atoms with E-state index >= 15 is 0 Å². The van der Waals surface area contributed by atoms with E-state index in [2.05, 4.69) is 30.8 Å². The van der Waals surface area contributed by atoms with Crippen molar-refractivity contribution in [2.45, 2.75) is 70.2 Å². The molecule has 0 unspecified atom stereocenters. The lowest BCUT2D eigenvalue weighted by Crippen LogP contribution is -2.58. The molecule has 5 aliphatic rings. The van der Waals surface area contributed by atoms with E-state index in [1.807, 2.05) is 6.07 Å². The molecule has 1 saturated heterocycles. The van der Waals surface area contributed by atoms with Crippen LogP contribution in [0.3, 0.4) is 0 Å². The predicted octanol–water partition coefficient (Wildman–Crippen LogP) is 7.33. The van der Waals surface area contributed by atoms with Gasteiger partial charge < -0.3 is 25.4 Å². The Morgan fingerprint density at radius 2 is 1.69 bits per heavy atom. The number of aryl methyl sites for hydroxylation is 1. The van der Waals surface area contributed by atoms with E-state index in [-0.39, 0.29) is 23.3 Å². The smallest absolute Gasteiger partial charge is 0.421 e. The number of alkyl halides is 3. The number of anilines is 4. The first-order valence-electron chi connectivity index (χ1n) is 17.0. The van der Waals surface area contributed by atoms with Crippen molar-refractivity contribution < 1.29 is 27.4 Å². The number of halogens is 3. The number of rotatable bonds is 9. The average molecular weight is 665 g/mol. The standard InChI is InChI=1S/C36H43F3N6O3/c1-20-5-4-6-27(34(46)40-2)31(20)43-33-28(36(37,38)39)19-41-35(44-33)42-29-8-7-26(18-30(29)47-3)48-25-9-11-45(12-10-25)32-23-14-21-13-22(16-23)17-24(32)15-21/h4-8,18-19,21-25,32H,9-17H2,1-3H3,(H,40,46)(H2,41,42,43,44). The van der Waals surface area contributed by atoms with Gasteiger partial charge in [-0.1, -0.05) is 12.1 Å². The summed E-state index contributed by atoms with van der Waals surface area (Å²) in [7, 11) is 2.98. The van der Waals surface area contributed by atoms with Crippen molar-refractivity contribution >= 4 is 29.0 Å². The summed E-state index contributed by atoms with van der Waals surface area (Å²) in [6, 6.07) is 11.0. The number of benzene rings is 2. The second-order valence-electron chi connectivity index (χ2n) is 13.9. The van der Waals surface area contributed by atoms with Crippen LogP contribution in [0.4, 0.5) is 36.3 Å². The Hall–Kier alpha value is -4.06. The Morgan fingerprint density at radius 1 is 0.979 bits per heavy atom. The van der Waals surface area contributed by atoms with E-state index in [4.69, 9.17) is 9.47 Å². The number of carbonyl (C=O) groups excluding carboxylic acids is 1. The number of para-hydroxylation sites is 1. The van der Waals surface area contributed by atoms with Crippen molar-refractivity contribution in [1.29, 1.82) is 0 Å². The topological polar surface area (TPSA) is 101 Å². The molecule has 5 fully saturated rings. The summed E-state index contributed by atoms with van der Waals surface area (Å²) in [5.41, 5.74) is 0.385. The van der Waals surface area contributed by atoms with Gasteiger partial charge in [-0.25, -0.2) is 4.98 Å². The molecular weight excluding hydrogens is 621 g/mol. The zero-order valence-corrected chi connectivity index (χ0v) is 27.6. The lowest BCUT2D eigenvalue weighted by Gasteiger charge is -2.58. The highest BCUT2D eigenvalue weighted by Crippen LogP contribution is 2.55. The monoisotopic (exact) mass is 664 g/mol. The van der Waals surface area contributed by atoms with Crippen LogP contribution in [-0.4, -0.2) is 60.2 Å². The molecule has 0 atom stereocenters. The number of hydrogen-bond donors (Lipinski definition) is 3. The van der Waals surface area contributed by atoms with E-state index in [9.17, 15) is 18.0 Å². The van der Waals surface area contributed by atoms with Crippen LogP contribution in [0.5, 0.6) is 11.5 Å². The van der Waals surface area contributed by atoms with Crippen LogP contribution in [0.2, 0.25) is 0 Å². The maximum atomic E-state index is 14.0. The second kappa shape index (κ2) is 13.1. The average Bonchev–Trinajstić information content (AvgIpc) is 3.06. The molecular formula is C36H43F3N6O3. The van der Waals surface area contributed by atoms with Crippen LogP contribution in [0.15, 0.2) is 42.6 Å². The van der Waals surface area contributed by atoms with Gasteiger partial charge in [-0.15, -0.1) is 0 Å². The molecule has 1 aromatic heterocycles. The summed E-state index contributed by atoms with van der Waals surface area (Å²) in [6.45, 7) is 3.82. The molecule has 12 heteroatoms. The van der Waals surface area contributed by atoms with Crippen LogP contribution in [0.1, 0.15) is 66.4 Å². The van der Waals surface area contributed by atoms with Crippen molar-refractivity contribution in [2.24, 2.45) is 23.7 Å². The number of piperidine rings is 1. The quantitative estimate of drug-likeness (QED) is 0.219. The molecule has 2 heterocycles. The van der Waals surface area contributed by atoms with E-state index < -0.39 is 23.5 Å². The van der Waals surface area contributed by atoms with Gasteiger partial charge in [0.1, 0.15) is 29.0 Å². The molecule has 3 N–H and O–H groups in total. The number of aromatic nitrogens is 2. The first kappa shape index (κ1) is 32.5. The van der Waals surface area contributed by atoms with Crippen LogP contribution in [0.25, 0.3) is 0 Å². The number of methoxy groups -OCH3 is 1. The third-order valence-electron chi connectivity index (χ3n) is 10.9. The SMILES string of the molecule is CNC(=O)c1cccc(C)c1Nc1nc(Nc2ccc(OC3CCN(C4C5CC6CC(C5)CC4C6)CC3)cc2OC)ncc1C(F)(F)F. The minimum absolute atomic E-state index is 0.0790. The Balaban J connectivity index is 1.04. The highest BCUT2D eigenvalue weighted by molar-refractivity contribution is 6.00. The van der Waals surface area contributed by atoms with Crippen molar-refractivity contribution in [2.75, 3.05) is 37.9 Å². The first-order chi connectivity index (χ1) is 23.1. The number of hydrogen-bond acceptors (Lipinski definition) is 8. The minimum atomic E-state index is -4.74. The predicted molar refractivity (Wildman–Crippen MR) is 177 cm³/mol. The maximum absolute atomic E-state index is 14.0. The fraction of sp³-hybridized carbons (Fsp3) is 0.528. The number of carbonyl (C=O) groups is 1. The molecule has 8 rings (SSSR count). The number of nitrogens with zero attached hydrogens (tertiary/aromatic N) is 3. The third-order valence-corrected chi connectivity index (χ3v) is 10.9. The highest BCUT2D eigenvalue weighted by atomic mass is 19.4. The summed E-state index contributed by atoms with van der Waals surface area (Å²) in [6.07, 6.45) is 5.21. The largest absolute Gasteiger partial charge is 0.494 e. The summed E-state index contributed by atoms with van der Waals surface area (Å²) >= 11 is 0. The van der Waals surface area contributed by atoms with Crippen molar-refractivity contribution in [3.05, 3.63) is 59.3 Å². The summed E-state index contributed by atoms with van der Waals surface area (Å²) < 4.78 is 54.1. The van der Waals surface area contributed by atoms with E-state index in [1.165, 1.54) is 52.3 Å². The summed E-state index contributed by atoms with van der Waals surface area (Å²) in [5.74, 6) is 3.81.